The van der Waals surface area contributed by atoms with E-state index in [9.17, 15) is 0 Å². The molecule has 31 heavy (non-hydrogen) atoms. The molecule has 3 aromatic heterocycles. The summed E-state index contributed by atoms with van der Waals surface area (Å²) in [5, 5.41) is 13.3. The van der Waals surface area contributed by atoms with E-state index >= 15 is 0 Å². The number of hydrogen-bond donors (Lipinski definition) is 2. The van der Waals surface area contributed by atoms with Gasteiger partial charge >= 0.3 is 0 Å². The maximum absolute atomic E-state index is 4.68. The molecule has 6 rings (SSSR count). The van der Waals surface area contributed by atoms with Crippen molar-refractivity contribution in [3.63, 3.8) is 0 Å². The minimum Gasteiger partial charge on any atom is -0.371 e. The maximum Gasteiger partial charge on any atom is 0.116 e. The molecule has 2 N–H and O–H groups in total. The van der Waals surface area contributed by atoms with Crippen molar-refractivity contribution in [2.45, 2.75) is 25.7 Å². The molecule has 0 radical (unpaired) electrons. The number of hydrogen-bond acceptors (Lipinski definition) is 3. The van der Waals surface area contributed by atoms with Crippen LogP contribution in [0.2, 0.25) is 0 Å². The Bertz CT molecular complexity index is 1310. The van der Waals surface area contributed by atoms with E-state index in [0.29, 0.717) is 0 Å². The van der Waals surface area contributed by atoms with Gasteiger partial charge in [-0.2, -0.15) is 10.2 Å². The molecule has 0 atom stereocenters. The van der Waals surface area contributed by atoms with E-state index in [4.69, 9.17) is 0 Å². The van der Waals surface area contributed by atoms with Crippen molar-refractivity contribution >= 4 is 16.6 Å². The Morgan fingerprint density at radius 3 is 2.77 bits per heavy atom. The average Bonchev–Trinajstić information content (AvgIpc) is 3.49. The number of piperidine rings is 1. The fourth-order valence-electron chi connectivity index (χ4n) is 4.83. The second-order valence-corrected chi connectivity index (χ2v) is 8.54. The van der Waals surface area contributed by atoms with Crippen LogP contribution in [-0.2, 0) is 13.5 Å². The zero-order valence-corrected chi connectivity index (χ0v) is 17.7. The molecule has 1 aliphatic carbocycles. The lowest BCUT2D eigenvalue weighted by atomic mass is 10.0. The number of benzene rings is 1. The van der Waals surface area contributed by atoms with Gasteiger partial charge in [0.2, 0.25) is 0 Å². The minimum absolute atomic E-state index is 0.909. The third-order valence-corrected chi connectivity index (χ3v) is 6.44. The van der Waals surface area contributed by atoms with E-state index in [0.717, 1.165) is 52.9 Å². The lowest BCUT2D eigenvalue weighted by molar-refractivity contribution is 0.326. The first-order valence-corrected chi connectivity index (χ1v) is 11.1. The Labute approximate surface area is 181 Å². The molecule has 1 fully saturated rings. The summed E-state index contributed by atoms with van der Waals surface area (Å²) in [4.78, 5) is 6.22. The highest BCUT2D eigenvalue weighted by atomic mass is 15.2. The molecule has 0 spiro atoms. The van der Waals surface area contributed by atoms with Crippen LogP contribution in [0.25, 0.3) is 39.1 Å². The van der Waals surface area contributed by atoms with E-state index in [-0.39, 0.29) is 0 Å². The first kappa shape index (κ1) is 18.2. The topological polar surface area (TPSA) is 65.5 Å². The molecule has 6 nitrogen and oxygen atoms in total. The summed E-state index contributed by atoms with van der Waals surface area (Å²) in [5.74, 6) is 0. The number of aryl methyl sites for hydroxylation is 1. The standard InChI is InChI=1S/C25H26N6/c1-30-16-18(15-26-30)17-9-10-22-20(13-17)25(29-28-22)23-14-19-21(27-23)7-3-4-8-24(19)31-11-5-2-6-12-31/h3-4,8-10,13-16,27H,2,5-7,11-12H2,1H3,(H,28,29). The van der Waals surface area contributed by atoms with Crippen LogP contribution in [0.4, 0.5) is 0 Å². The second kappa shape index (κ2) is 7.30. The highest BCUT2D eigenvalue weighted by Gasteiger charge is 2.22. The van der Waals surface area contributed by atoms with Gasteiger partial charge in [-0.25, -0.2) is 0 Å². The number of nitrogens with zero attached hydrogens (tertiary/aromatic N) is 4. The van der Waals surface area contributed by atoms with Crippen LogP contribution in [0.15, 0.2) is 54.9 Å². The molecule has 4 aromatic rings. The normalized spacial score (nSPS) is 16.4. The number of aromatic nitrogens is 5. The summed E-state index contributed by atoms with van der Waals surface area (Å²) >= 11 is 0. The maximum atomic E-state index is 4.68. The van der Waals surface area contributed by atoms with Crippen LogP contribution in [0.1, 0.15) is 30.5 Å². The SMILES string of the molecule is Cn1cc(-c2ccc3[nH]nc(-c4cc5c([nH]4)CC=CC=C5N4CCCCC4)c3c2)cn1. The largest absolute Gasteiger partial charge is 0.371 e. The fourth-order valence-corrected chi connectivity index (χ4v) is 4.83. The summed E-state index contributed by atoms with van der Waals surface area (Å²) in [6.07, 6.45) is 15.4. The summed E-state index contributed by atoms with van der Waals surface area (Å²) in [6, 6.07) is 8.71. The third kappa shape index (κ3) is 3.19. The van der Waals surface area contributed by atoms with Gasteiger partial charge in [-0.15, -0.1) is 0 Å². The van der Waals surface area contributed by atoms with E-state index < -0.39 is 0 Å². The molecule has 4 heterocycles. The molecular formula is C25H26N6. The molecule has 1 saturated heterocycles. The van der Waals surface area contributed by atoms with Crippen LogP contribution in [-0.4, -0.2) is 43.0 Å². The lowest BCUT2D eigenvalue weighted by Crippen LogP contribution is -2.28. The Hall–Kier alpha value is -3.54. The van der Waals surface area contributed by atoms with Gasteiger partial charge in [0, 0.05) is 60.7 Å². The summed E-state index contributed by atoms with van der Waals surface area (Å²) in [5.41, 5.74) is 9.24. The van der Waals surface area contributed by atoms with Crippen molar-refractivity contribution in [3.8, 4) is 22.5 Å². The number of fused-ring (bicyclic) bond motifs is 2. The molecule has 1 aromatic carbocycles. The molecule has 156 valence electrons. The average molecular weight is 411 g/mol. The van der Waals surface area contributed by atoms with Crippen molar-refractivity contribution in [2.24, 2.45) is 7.05 Å². The smallest absolute Gasteiger partial charge is 0.116 e. The van der Waals surface area contributed by atoms with Crippen LogP contribution < -0.4 is 0 Å². The number of aromatic amines is 2. The van der Waals surface area contributed by atoms with Crippen LogP contribution in [0, 0.1) is 0 Å². The minimum atomic E-state index is 0.909. The monoisotopic (exact) mass is 410 g/mol. The highest BCUT2D eigenvalue weighted by molar-refractivity contribution is 5.95. The van der Waals surface area contributed by atoms with Crippen molar-refractivity contribution in [1.82, 2.24) is 29.9 Å². The van der Waals surface area contributed by atoms with E-state index in [1.165, 1.54) is 36.2 Å². The van der Waals surface area contributed by atoms with Crippen LogP contribution >= 0.6 is 0 Å². The first-order chi connectivity index (χ1) is 15.3. The number of rotatable bonds is 3. The summed E-state index contributed by atoms with van der Waals surface area (Å²) in [6.45, 7) is 2.28. The van der Waals surface area contributed by atoms with Gasteiger partial charge in [0.1, 0.15) is 5.69 Å². The Morgan fingerprint density at radius 2 is 1.94 bits per heavy atom. The quantitative estimate of drug-likeness (QED) is 0.505. The Balaban J connectivity index is 1.43. The third-order valence-electron chi connectivity index (χ3n) is 6.44. The van der Waals surface area contributed by atoms with E-state index in [1.807, 2.05) is 24.1 Å². The Morgan fingerprint density at radius 1 is 1.03 bits per heavy atom. The highest BCUT2D eigenvalue weighted by Crippen LogP contribution is 2.35. The predicted molar refractivity (Wildman–Crippen MR) is 124 cm³/mol. The summed E-state index contributed by atoms with van der Waals surface area (Å²) < 4.78 is 1.83. The van der Waals surface area contributed by atoms with Crippen molar-refractivity contribution in [3.05, 3.63) is 66.1 Å². The van der Waals surface area contributed by atoms with Crippen LogP contribution in [0.3, 0.4) is 0 Å². The number of nitrogens with one attached hydrogen (secondary N) is 2. The van der Waals surface area contributed by atoms with Crippen molar-refractivity contribution in [1.29, 1.82) is 0 Å². The van der Waals surface area contributed by atoms with Crippen molar-refractivity contribution < 1.29 is 0 Å². The number of likely N-dealkylation sites (tertiary alicyclic amines) is 1. The Kier molecular flexibility index (Phi) is 4.30. The lowest BCUT2D eigenvalue weighted by Gasteiger charge is -2.31. The molecule has 0 unspecified atom stereocenters. The van der Waals surface area contributed by atoms with E-state index in [2.05, 4.69) is 67.7 Å². The number of allylic oxidation sites excluding steroid dienone is 3. The molecule has 6 heteroatoms. The van der Waals surface area contributed by atoms with Crippen LogP contribution in [0.5, 0.6) is 0 Å². The molecule has 0 bridgehead atoms. The van der Waals surface area contributed by atoms with Gasteiger partial charge in [0.05, 0.1) is 17.4 Å². The van der Waals surface area contributed by atoms with Crippen molar-refractivity contribution in [2.75, 3.05) is 13.1 Å². The fraction of sp³-hybridized carbons (Fsp3) is 0.280. The molecule has 0 saturated carbocycles. The van der Waals surface area contributed by atoms with Gasteiger partial charge < -0.3 is 9.88 Å². The predicted octanol–water partition coefficient (Wildman–Crippen LogP) is 4.90. The molecule has 1 aliphatic heterocycles. The molecule has 2 aliphatic rings. The zero-order chi connectivity index (χ0) is 20.8. The second-order valence-electron chi connectivity index (χ2n) is 8.54. The van der Waals surface area contributed by atoms with Gasteiger partial charge in [-0.3, -0.25) is 9.78 Å². The summed E-state index contributed by atoms with van der Waals surface area (Å²) in [7, 11) is 1.94. The number of H-pyrrole nitrogens is 2. The zero-order valence-electron chi connectivity index (χ0n) is 17.7. The molecular weight excluding hydrogens is 384 g/mol. The van der Waals surface area contributed by atoms with Gasteiger partial charge in [-0.05, 0) is 49.1 Å². The van der Waals surface area contributed by atoms with Gasteiger partial charge in [0.15, 0.2) is 0 Å². The molecule has 0 amide bonds. The van der Waals surface area contributed by atoms with E-state index in [1.54, 1.807) is 0 Å². The van der Waals surface area contributed by atoms with Gasteiger partial charge in [0.25, 0.3) is 0 Å². The van der Waals surface area contributed by atoms with Gasteiger partial charge in [-0.1, -0.05) is 18.2 Å². The first-order valence-electron chi connectivity index (χ1n) is 11.1.